The van der Waals surface area contributed by atoms with E-state index in [0.29, 0.717) is 0 Å². The molecule has 1 aliphatic rings. The highest BCUT2D eigenvalue weighted by atomic mass is 16.3. The zero-order valence-corrected chi connectivity index (χ0v) is 8.69. The molecule has 1 unspecified atom stereocenters. The molecule has 1 aromatic rings. The summed E-state index contributed by atoms with van der Waals surface area (Å²) in [5, 5.41) is 18.2. The molecule has 15 heavy (non-hydrogen) atoms. The Bertz CT molecular complexity index is 330. The summed E-state index contributed by atoms with van der Waals surface area (Å²) in [5.74, 6) is 0. The average Bonchev–Trinajstić information content (AvgIpc) is 2.96. The van der Waals surface area contributed by atoms with Gasteiger partial charge in [-0.15, -0.1) is 0 Å². The zero-order chi connectivity index (χ0) is 10.9. The van der Waals surface area contributed by atoms with E-state index in [9.17, 15) is 5.11 Å². The van der Waals surface area contributed by atoms with Crippen molar-refractivity contribution in [2.24, 2.45) is 5.73 Å². The summed E-state index contributed by atoms with van der Waals surface area (Å²) in [5.41, 5.74) is 7.99. The van der Waals surface area contributed by atoms with Gasteiger partial charge in [0.1, 0.15) is 6.10 Å². The van der Waals surface area contributed by atoms with Gasteiger partial charge >= 0.3 is 0 Å². The Hall–Kier alpha value is -0.900. The molecule has 0 saturated heterocycles. The van der Waals surface area contributed by atoms with E-state index >= 15 is 0 Å². The van der Waals surface area contributed by atoms with Gasteiger partial charge in [-0.2, -0.15) is 0 Å². The van der Waals surface area contributed by atoms with Crippen molar-refractivity contribution in [2.45, 2.75) is 30.9 Å². The van der Waals surface area contributed by atoms with Crippen LogP contribution in [0.15, 0.2) is 24.3 Å². The summed E-state index contributed by atoms with van der Waals surface area (Å²) in [6, 6.07) is 7.65. The monoisotopic (exact) mass is 207 g/mol. The van der Waals surface area contributed by atoms with Crippen molar-refractivity contribution in [1.82, 2.24) is 0 Å². The van der Waals surface area contributed by atoms with Crippen molar-refractivity contribution in [1.29, 1.82) is 0 Å². The Morgan fingerprint density at radius 3 is 2.33 bits per heavy atom. The van der Waals surface area contributed by atoms with Crippen molar-refractivity contribution >= 4 is 0 Å². The van der Waals surface area contributed by atoms with E-state index in [2.05, 4.69) is 0 Å². The summed E-state index contributed by atoms with van der Waals surface area (Å²) < 4.78 is 0. The number of benzene rings is 1. The summed E-state index contributed by atoms with van der Waals surface area (Å²) in [7, 11) is 0. The molecule has 0 radical (unpaired) electrons. The largest absolute Gasteiger partial charge is 0.393 e. The number of nitrogens with two attached hydrogens (primary N) is 1. The highest BCUT2D eigenvalue weighted by molar-refractivity contribution is 5.26. The minimum Gasteiger partial charge on any atom is -0.393 e. The molecule has 1 aliphatic carbocycles. The summed E-state index contributed by atoms with van der Waals surface area (Å²) >= 11 is 0. The van der Waals surface area contributed by atoms with Gasteiger partial charge in [0.05, 0.1) is 6.61 Å². The number of hydrogen-bond acceptors (Lipinski definition) is 3. The van der Waals surface area contributed by atoms with Gasteiger partial charge in [0, 0.05) is 5.54 Å². The lowest BCUT2D eigenvalue weighted by Gasteiger charge is -2.11. The van der Waals surface area contributed by atoms with E-state index < -0.39 is 6.10 Å². The first-order chi connectivity index (χ1) is 7.13. The first-order valence-electron chi connectivity index (χ1n) is 5.30. The van der Waals surface area contributed by atoms with Crippen LogP contribution in [0, 0.1) is 0 Å². The molecular formula is C12H17NO2. The molecule has 0 heterocycles. The van der Waals surface area contributed by atoms with E-state index in [1.807, 2.05) is 24.3 Å². The molecule has 0 bridgehead atoms. The number of rotatable bonds is 4. The second-order valence-corrected chi connectivity index (χ2v) is 4.48. The highest BCUT2D eigenvalue weighted by Crippen LogP contribution is 2.35. The van der Waals surface area contributed by atoms with Crippen LogP contribution in [0.5, 0.6) is 0 Å². The molecule has 0 spiro atoms. The van der Waals surface area contributed by atoms with Crippen molar-refractivity contribution in [3.8, 4) is 0 Å². The molecule has 1 aromatic carbocycles. The molecule has 3 heteroatoms. The molecule has 82 valence electrons. The quantitative estimate of drug-likeness (QED) is 0.682. The smallest absolute Gasteiger partial charge is 0.102 e. The third kappa shape index (κ3) is 2.56. The van der Waals surface area contributed by atoms with Gasteiger partial charge in [-0.05, 0) is 30.4 Å². The Labute approximate surface area is 89.5 Å². The van der Waals surface area contributed by atoms with Gasteiger partial charge in [-0.25, -0.2) is 0 Å². The predicted molar refractivity (Wildman–Crippen MR) is 58.3 cm³/mol. The first-order valence-corrected chi connectivity index (χ1v) is 5.30. The molecule has 0 amide bonds. The van der Waals surface area contributed by atoms with E-state index in [0.717, 1.165) is 24.8 Å². The maximum atomic E-state index is 9.39. The molecule has 1 saturated carbocycles. The fourth-order valence-electron chi connectivity index (χ4n) is 1.71. The molecule has 0 aromatic heterocycles. The first kappa shape index (κ1) is 10.6. The molecule has 1 fully saturated rings. The Balaban J connectivity index is 2.03. The van der Waals surface area contributed by atoms with Crippen LogP contribution in [-0.2, 0) is 6.42 Å². The van der Waals surface area contributed by atoms with Gasteiger partial charge in [-0.3, -0.25) is 0 Å². The summed E-state index contributed by atoms with van der Waals surface area (Å²) in [4.78, 5) is 0. The summed E-state index contributed by atoms with van der Waals surface area (Å²) in [6.07, 6.45) is 2.34. The number of aliphatic hydroxyl groups is 2. The van der Waals surface area contributed by atoms with Crippen molar-refractivity contribution < 1.29 is 10.2 Å². The van der Waals surface area contributed by atoms with Crippen LogP contribution in [0.2, 0.25) is 0 Å². The maximum absolute atomic E-state index is 9.39. The predicted octanol–water partition coefficient (Wildman–Crippen LogP) is 0.746. The van der Waals surface area contributed by atoms with E-state index in [-0.39, 0.29) is 12.1 Å². The van der Waals surface area contributed by atoms with Crippen LogP contribution in [0.4, 0.5) is 0 Å². The Kier molecular flexibility index (Phi) is 2.78. The van der Waals surface area contributed by atoms with E-state index in [4.69, 9.17) is 10.8 Å². The lowest BCUT2D eigenvalue weighted by Crippen LogP contribution is -2.24. The fourth-order valence-corrected chi connectivity index (χ4v) is 1.71. The van der Waals surface area contributed by atoms with E-state index in [1.54, 1.807) is 0 Å². The molecular weight excluding hydrogens is 190 g/mol. The van der Waals surface area contributed by atoms with Gasteiger partial charge in [0.25, 0.3) is 0 Å². The second kappa shape index (κ2) is 3.93. The van der Waals surface area contributed by atoms with Crippen molar-refractivity contribution in [3.05, 3.63) is 35.4 Å². The van der Waals surface area contributed by atoms with Crippen LogP contribution in [-0.4, -0.2) is 22.4 Å². The molecule has 2 rings (SSSR count). The van der Waals surface area contributed by atoms with Gasteiger partial charge in [0.2, 0.25) is 0 Å². The van der Waals surface area contributed by atoms with Gasteiger partial charge in [0.15, 0.2) is 0 Å². The average molecular weight is 207 g/mol. The lowest BCUT2D eigenvalue weighted by atomic mass is 10.0. The number of aliphatic hydroxyl groups excluding tert-OH is 2. The SMILES string of the molecule is NC1(Cc2ccc(C(O)CO)cc2)CC1. The third-order valence-corrected chi connectivity index (χ3v) is 2.99. The van der Waals surface area contributed by atoms with Crippen molar-refractivity contribution in [2.75, 3.05) is 6.61 Å². The van der Waals surface area contributed by atoms with Crippen LogP contribution in [0.1, 0.15) is 30.1 Å². The number of hydrogen-bond donors (Lipinski definition) is 3. The summed E-state index contributed by atoms with van der Waals surface area (Å²) in [6.45, 7) is -0.236. The zero-order valence-electron chi connectivity index (χ0n) is 8.69. The van der Waals surface area contributed by atoms with Gasteiger partial charge in [-0.1, -0.05) is 24.3 Å². The standard InChI is InChI=1S/C12H17NO2/c13-12(5-6-12)7-9-1-3-10(4-2-9)11(15)8-14/h1-4,11,14-15H,5-8,13H2. The maximum Gasteiger partial charge on any atom is 0.102 e. The second-order valence-electron chi connectivity index (χ2n) is 4.48. The minimum absolute atomic E-state index is 0.0249. The fraction of sp³-hybridized carbons (Fsp3) is 0.500. The Morgan fingerprint density at radius 2 is 1.87 bits per heavy atom. The van der Waals surface area contributed by atoms with Crippen LogP contribution < -0.4 is 5.73 Å². The highest BCUT2D eigenvalue weighted by Gasteiger charge is 2.37. The third-order valence-electron chi connectivity index (χ3n) is 2.99. The normalized spacial score (nSPS) is 19.9. The van der Waals surface area contributed by atoms with Crippen LogP contribution in [0.3, 0.4) is 0 Å². The molecule has 3 nitrogen and oxygen atoms in total. The molecule has 0 aliphatic heterocycles. The van der Waals surface area contributed by atoms with Crippen molar-refractivity contribution in [3.63, 3.8) is 0 Å². The lowest BCUT2D eigenvalue weighted by molar-refractivity contribution is 0.0956. The molecule has 4 N–H and O–H groups in total. The van der Waals surface area contributed by atoms with E-state index in [1.165, 1.54) is 5.56 Å². The molecule has 1 atom stereocenters. The minimum atomic E-state index is -0.771. The van der Waals surface area contributed by atoms with Gasteiger partial charge < -0.3 is 15.9 Å². The van der Waals surface area contributed by atoms with Crippen LogP contribution >= 0.6 is 0 Å². The topological polar surface area (TPSA) is 66.5 Å². The Morgan fingerprint density at radius 1 is 1.27 bits per heavy atom. The van der Waals surface area contributed by atoms with Crippen LogP contribution in [0.25, 0.3) is 0 Å².